The second kappa shape index (κ2) is 6.46. The van der Waals surface area contributed by atoms with Crippen LogP contribution >= 0.6 is 0 Å². The molecule has 0 bridgehead atoms. The predicted molar refractivity (Wildman–Crippen MR) is 79.1 cm³/mol. The normalized spacial score (nSPS) is 12.7. The molecule has 1 heterocycles. The Kier molecular flexibility index (Phi) is 4.65. The summed E-state index contributed by atoms with van der Waals surface area (Å²) in [5, 5.41) is 6.34. The van der Waals surface area contributed by atoms with Gasteiger partial charge in [0.2, 0.25) is 0 Å². The number of hydrogen-bond donors (Lipinski definition) is 2. The minimum atomic E-state index is -0.663. The number of nitrogens with one attached hydrogen (secondary N) is 2. The lowest BCUT2D eigenvalue weighted by molar-refractivity contribution is 0.124. The van der Waals surface area contributed by atoms with Crippen LogP contribution in [-0.2, 0) is 11.3 Å². The number of hydrogen-bond acceptors (Lipinski definition) is 5. The van der Waals surface area contributed by atoms with Crippen molar-refractivity contribution in [3.63, 3.8) is 0 Å². The zero-order chi connectivity index (χ0) is 16.2. The van der Waals surface area contributed by atoms with E-state index in [1.54, 1.807) is 0 Å². The highest BCUT2D eigenvalue weighted by Gasteiger charge is 2.31. The molecule has 1 atom stereocenters. The molecule has 1 unspecified atom stereocenters. The Morgan fingerprint density at radius 1 is 1.36 bits per heavy atom. The first-order valence-corrected chi connectivity index (χ1v) is 6.89. The molecular formula is C15H19N3O4. The highest BCUT2D eigenvalue weighted by Crippen LogP contribution is 2.30. The van der Waals surface area contributed by atoms with Gasteiger partial charge in [0, 0.05) is 0 Å². The number of aromatic nitrogens is 2. The van der Waals surface area contributed by atoms with Gasteiger partial charge in [-0.25, -0.2) is 9.59 Å². The van der Waals surface area contributed by atoms with Crippen LogP contribution in [0.15, 0.2) is 39.6 Å². The van der Waals surface area contributed by atoms with Crippen LogP contribution < -0.4 is 11.1 Å². The van der Waals surface area contributed by atoms with Gasteiger partial charge < -0.3 is 10.1 Å². The van der Waals surface area contributed by atoms with Crippen molar-refractivity contribution in [1.29, 1.82) is 0 Å². The fraction of sp³-hybridized carbons (Fsp3) is 0.400. The maximum Gasteiger partial charge on any atom is 0.438 e. The van der Waals surface area contributed by atoms with Gasteiger partial charge in [-0.3, -0.25) is 9.51 Å². The maximum atomic E-state index is 12.0. The van der Waals surface area contributed by atoms with Crippen molar-refractivity contribution >= 4 is 6.09 Å². The largest absolute Gasteiger partial charge is 0.445 e. The molecule has 1 aromatic heterocycles. The first-order valence-electron chi connectivity index (χ1n) is 6.89. The average Bonchev–Trinajstić information content (AvgIpc) is 2.88. The number of carbonyl (C=O) groups excluding carboxylic acids is 1. The van der Waals surface area contributed by atoms with Gasteiger partial charge in [-0.2, -0.15) is 0 Å². The van der Waals surface area contributed by atoms with Crippen LogP contribution in [0, 0.1) is 5.41 Å². The first-order chi connectivity index (χ1) is 10.4. The quantitative estimate of drug-likeness (QED) is 0.903. The van der Waals surface area contributed by atoms with Gasteiger partial charge in [-0.1, -0.05) is 56.3 Å². The van der Waals surface area contributed by atoms with Crippen LogP contribution in [0.3, 0.4) is 0 Å². The van der Waals surface area contributed by atoms with E-state index in [2.05, 4.69) is 20.0 Å². The molecule has 0 radical (unpaired) electrons. The Labute approximate surface area is 127 Å². The zero-order valence-electron chi connectivity index (χ0n) is 12.8. The number of carbonyl (C=O) groups is 1. The Morgan fingerprint density at radius 2 is 2.05 bits per heavy atom. The molecule has 2 N–H and O–H groups in total. The van der Waals surface area contributed by atoms with Crippen molar-refractivity contribution in [2.75, 3.05) is 0 Å². The highest BCUT2D eigenvalue weighted by atomic mass is 16.5. The van der Waals surface area contributed by atoms with Crippen LogP contribution in [0.2, 0.25) is 0 Å². The third kappa shape index (κ3) is 4.21. The van der Waals surface area contributed by atoms with Gasteiger partial charge in [0.15, 0.2) is 5.82 Å². The van der Waals surface area contributed by atoms with E-state index in [4.69, 9.17) is 4.74 Å². The van der Waals surface area contributed by atoms with E-state index in [-0.39, 0.29) is 17.8 Å². The number of nitrogens with zero attached hydrogens (tertiary/aromatic N) is 1. The van der Waals surface area contributed by atoms with Gasteiger partial charge in [-0.15, -0.1) is 0 Å². The van der Waals surface area contributed by atoms with Crippen molar-refractivity contribution < 1.29 is 14.1 Å². The molecule has 2 aromatic rings. The molecule has 0 aliphatic heterocycles. The van der Waals surface area contributed by atoms with E-state index in [0.717, 1.165) is 5.56 Å². The molecule has 0 fully saturated rings. The minimum Gasteiger partial charge on any atom is -0.445 e. The average molecular weight is 305 g/mol. The van der Waals surface area contributed by atoms with Crippen molar-refractivity contribution in [1.82, 2.24) is 15.5 Å². The summed E-state index contributed by atoms with van der Waals surface area (Å²) in [6, 6.07) is 8.82. The smallest absolute Gasteiger partial charge is 0.438 e. The molecule has 2 rings (SSSR count). The predicted octanol–water partition coefficient (Wildman–Crippen LogP) is 2.38. The molecule has 0 spiro atoms. The fourth-order valence-corrected chi connectivity index (χ4v) is 1.94. The Morgan fingerprint density at radius 3 is 2.59 bits per heavy atom. The van der Waals surface area contributed by atoms with Crippen LogP contribution in [0.5, 0.6) is 0 Å². The van der Waals surface area contributed by atoms with Gasteiger partial charge >= 0.3 is 11.8 Å². The van der Waals surface area contributed by atoms with Gasteiger partial charge in [0.25, 0.3) is 0 Å². The molecule has 22 heavy (non-hydrogen) atoms. The number of amides is 1. The summed E-state index contributed by atoms with van der Waals surface area (Å²) >= 11 is 0. The minimum absolute atomic E-state index is 0.166. The molecule has 118 valence electrons. The zero-order valence-corrected chi connectivity index (χ0v) is 12.8. The second-order valence-electron chi connectivity index (χ2n) is 5.99. The first kappa shape index (κ1) is 15.8. The van der Waals surface area contributed by atoms with Crippen LogP contribution in [-0.4, -0.2) is 16.2 Å². The van der Waals surface area contributed by atoms with Crippen molar-refractivity contribution in [3.8, 4) is 0 Å². The Hall–Kier alpha value is -2.57. The van der Waals surface area contributed by atoms with E-state index in [0.29, 0.717) is 0 Å². The fourth-order valence-electron chi connectivity index (χ4n) is 1.94. The Bertz CT molecular complexity index is 670. The van der Waals surface area contributed by atoms with E-state index in [9.17, 15) is 9.59 Å². The monoisotopic (exact) mass is 305 g/mol. The Balaban J connectivity index is 2.01. The summed E-state index contributed by atoms with van der Waals surface area (Å²) in [7, 11) is 0. The molecule has 0 saturated carbocycles. The summed E-state index contributed by atoms with van der Waals surface area (Å²) in [6.45, 7) is 5.88. The topological polar surface area (TPSA) is 97.2 Å². The lowest BCUT2D eigenvalue weighted by atomic mass is 9.86. The number of benzene rings is 1. The second-order valence-corrected chi connectivity index (χ2v) is 5.99. The molecule has 7 heteroatoms. The molecule has 1 aromatic carbocycles. The third-order valence-electron chi connectivity index (χ3n) is 3.07. The SMILES string of the molecule is CC(C)(C)C(NC(=O)OCc1ccccc1)c1noc(=O)[nH]1. The molecule has 7 nitrogen and oxygen atoms in total. The summed E-state index contributed by atoms with van der Waals surface area (Å²) in [5.41, 5.74) is 0.505. The number of ether oxygens (including phenoxy) is 1. The molecule has 0 aliphatic carbocycles. The third-order valence-corrected chi connectivity index (χ3v) is 3.07. The number of aromatic amines is 1. The molecule has 0 aliphatic rings. The van der Waals surface area contributed by atoms with Crippen LogP contribution in [0.1, 0.15) is 38.2 Å². The summed E-state index contributed by atoms with van der Waals surface area (Å²) in [6.07, 6.45) is -0.590. The van der Waals surface area contributed by atoms with E-state index < -0.39 is 17.9 Å². The molecule has 1 amide bonds. The van der Waals surface area contributed by atoms with Crippen molar-refractivity contribution in [3.05, 3.63) is 52.3 Å². The van der Waals surface area contributed by atoms with Gasteiger partial charge in [-0.05, 0) is 11.0 Å². The van der Waals surface area contributed by atoms with Gasteiger partial charge in [0.1, 0.15) is 6.61 Å². The summed E-state index contributed by atoms with van der Waals surface area (Å²) in [5.74, 6) is -0.405. The summed E-state index contributed by atoms with van der Waals surface area (Å²) in [4.78, 5) is 25.5. The number of H-pyrrole nitrogens is 1. The van der Waals surface area contributed by atoms with Crippen LogP contribution in [0.25, 0.3) is 0 Å². The summed E-state index contributed by atoms with van der Waals surface area (Å²) < 4.78 is 9.68. The highest BCUT2D eigenvalue weighted by molar-refractivity contribution is 5.67. The maximum absolute atomic E-state index is 12.0. The van der Waals surface area contributed by atoms with E-state index in [1.807, 2.05) is 51.1 Å². The standard InChI is InChI=1S/C15H19N3O4/c1-15(2,3)11(12-17-14(20)22-18-12)16-13(19)21-9-10-7-5-4-6-8-10/h4-8,11H,9H2,1-3H3,(H,16,19)(H,17,18,20). The lowest BCUT2D eigenvalue weighted by Crippen LogP contribution is -2.37. The molecular weight excluding hydrogens is 286 g/mol. The number of alkyl carbamates (subject to hydrolysis) is 1. The van der Waals surface area contributed by atoms with E-state index in [1.165, 1.54) is 0 Å². The van der Waals surface area contributed by atoms with Crippen molar-refractivity contribution in [2.45, 2.75) is 33.4 Å². The van der Waals surface area contributed by atoms with E-state index >= 15 is 0 Å². The van der Waals surface area contributed by atoms with Gasteiger partial charge in [0.05, 0.1) is 6.04 Å². The molecule has 0 saturated heterocycles. The van der Waals surface area contributed by atoms with Crippen LogP contribution in [0.4, 0.5) is 4.79 Å². The lowest BCUT2D eigenvalue weighted by Gasteiger charge is -2.28. The number of rotatable bonds is 4. The van der Waals surface area contributed by atoms with Crippen molar-refractivity contribution in [2.24, 2.45) is 5.41 Å².